The smallest absolute Gasteiger partial charge is 0.290 e. The van der Waals surface area contributed by atoms with Crippen molar-refractivity contribution in [2.75, 3.05) is 26.4 Å². The number of nitro groups is 1. The number of benzene rings is 2. The average molecular weight is 438 g/mol. The van der Waals surface area contributed by atoms with Gasteiger partial charge < -0.3 is 19.8 Å². The fraction of sp³-hybridized carbons (Fsp3) is 0.217. The minimum absolute atomic E-state index is 0.00936. The van der Waals surface area contributed by atoms with E-state index >= 15 is 0 Å². The number of allylic oxidation sites excluding steroid dienone is 1. The molecule has 0 spiro atoms. The molecule has 32 heavy (non-hydrogen) atoms. The van der Waals surface area contributed by atoms with Gasteiger partial charge in [-0.15, -0.1) is 0 Å². The molecule has 1 unspecified atom stereocenters. The summed E-state index contributed by atoms with van der Waals surface area (Å²) in [6.07, 6.45) is 2.81. The van der Waals surface area contributed by atoms with Crippen LogP contribution < -0.4 is 0 Å². The summed E-state index contributed by atoms with van der Waals surface area (Å²) in [4.78, 5) is 37.7. The van der Waals surface area contributed by atoms with E-state index in [2.05, 4.69) is 0 Å². The molecule has 0 bridgehead atoms. The van der Waals surface area contributed by atoms with Gasteiger partial charge in [-0.3, -0.25) is 19.7 Å². The lowest BCUT2D eigenvalue weighted by atomic mass is 9.95. The van der Waals surface area contributed by atoms with E-state index in [0.717, 1.165) is 5.56 Å². The number of non-ortho nitro benzene ring substituents is 1. The zero-order chi connectivity index (χ0) is 23.1. The van der Waals surface area contributed by atoms with Gasteiger partial charge in [-0.2, -0.15) is 0 Å². The van der Waals surface area contributed by atoms with Crippen LogP contribution in [-0.2, 0) is 14.3 Å². The fourth-order valence-corrected chi connectivity index (χ4v) is 3.45. The maximum absolute atomic E-state index is 13.0. The second-order valence-corrected chi connectivity index (χ2v) is 6.96. The third kappa shape index (κ3) is 5.08. The number of hydrogen-bond donors (Lipinski definition) is 2. The Morgan fingerprint density at radius 3 is 2.59 bits per heavy atom. The largest absolute Gasteiger partial charge is 0.503 e. The number of nitro benzene ring substituents is 1. The predicted octanol–water partition coefficient (Wildman–Crippen LogP) is 2.58. The van der Waals surface area contributed by atoms with Crippen LogP contribution in [0.4, 0.5) is 5.69 Å². The summed E-state index contributed by atoms with van der Waals surface area (Å²) < 4.78 is 5.22. The molecular formula is C23H22N2O7. The molecule has 9 heteroatoms. The van der Waals surface area contributed by atoms with Gasteiger partial charge in [0, 0.05) is 18.7 Å². The van der Waals surface area contributed by atoms with Crippen LogP contribution in [0.1, 0.15) is 17.2 Å². The Bertz CT molecular complexity index is 1060. The van der Waals surface area contributed by atoms with Gasteiger partial charge in [-0.05, 0) is 17.2 Å². The normalized spacial score (nSPS) is 16.2. The third-order valence-electron chi connectivity index (χ3n) is 4.90. The lowest BCUT2D eigenvalue weighted by Gasteiger charge is -2.26. The molecule has 1 heterocycles. The number of aliphatic hydroxyl groups excluding tert-OH is 2. The van der Waals surface area contributed by atoms with E-state index in [1.165, 1.54) is 29.2 Å². The molecule has 0 saturated carbocycles. The SMILES string of the molecule is O=C(/C=C/c1ccccc1)C1=C(O)C(=O)N(CCOCCO)C1c1cccc([N+](=O)[O-])c1. The van der Waals surface area contributed by atoms with E-state index in [4.69, 9.17) is 9.84 Å². The topological polar surface area (TPSA) is 130 Å². The molecule has 9 nitrogen and oxygen atoms in total. The Morgan fingerprint density at radius 1 is 1.16 bits per heavy atom. The van der Waals surface area contributed by atoms with E-state index in [-0.39, 0.29) is 37.6 Å². The summed E-state index contributed by atoms with van der Waals surface area (Å²) in [6, 6.07) is 13.6. The molecule has 0 radical (unpaired) electrons. The highest BCUT2D eigenvalue weighted by atomic mass is 16.6. The van der Waals surface area contributed by atoms with E-state index in [0.29, 0.717) is 5.56 Å². The van der Waals surface area contributed by atoms with Crippen LogP contribution in [0.15, 0.2) is 72.0 Å². The van der Waals surface area contributed by atoms with Gasteiger partial charge in [-0.25, -0.2) is 0 Å². The minimum Gasteiger partial charge on any atom is -0.503 e. The van der Waals surface area contributed by atoms with E-state index < -0.39 is 28.4 Å². The molecule has 0 fully saturated rings. The molecule has 0 aliphatic carbocycles. The van der Waals surface area contributed by atoms with Gasteiger partial charge in [0.2, 0.25) is 0 Å². The van der Waals surface area contributed by atoms with Gasteiger partial charge in [-0.1, -0.05) is 48.5 Å². The van der Waals surface area contributed by atoms with Gasteiger partial charge in [0.25, 0.3) is 11.6 Å². The van der Waals surface area contributed by atoms with Crippen molar-refractivity contribution in [2.24, 2.45) is 0 Å². The van der Waals surface area contributed by atoms with Crippen molar-refractivity contribution in [1.82, 2.24) is 4.90 Å². The summed E-state index contributed by atoms with van der Waals surface area (Å²) in [6.45, 7) is -0.0734. The van der Waals surface area contributed by atoms with Crippen LogP contribution in [0.3, 0.4) is 0 Å². The lowest BCUT2D eigenvalue weighted by molar-refractivity contribution is -0.384. The molecule has 2 aromatic rings. The molecule has 1 atom stereocenters. The van der Waals surface area contributed by atoms with Gasteiger partial charge >= 0.3 is 0 Å². The average Bonchev–Trinajstić information content (AvgIpc) is 3.06. The van der Waals surface area contributed by atoms with Crippen LogP contribution in [0, 0.1) is 10.1 Å². The van der Waals surface area contributed by atoms with Crippen LogP contribution in [0.25, 0.3) is 6.08 Å². The summed E-state index contributed by atoms with van der Waals surface area (Å²) in [7, 11) is 0. The fourth-order valence-electron chi connectivity index (χ4n) is 3.45. The molecule has 2 aromatic carbocycles. The summed E-state index contributed by atoms with van der Waals surface area (Å²) in [5, 5.41) is 30.6. The van der Waals surface area contributed by atoms with Crippen LogP contribution >= 0.6 is 0 Å². The first-order valence-electron chi connectivity index (χ1n) is 9.88. The van der Waals surface area contributed by atoms with Crippen molar-refractivity contribution in [1.29, 1.82) is 0 Å². The highest BCUT2D eigenvalue weighted by Gasteiger charge is 2.43. The number of ketones is 1. The number of rotatable bonds is 10. The molecule has 2 N–H and O–H groups in total. The van der Waals surface area contributed by atoms with Crippen molar-refractivity contribution in [3.05, 3.63) is 93.2 Å². The molecule has 0 saturated heterocycles. The van der Waals surface area contributed by atoms with Crippen molar-refractivity contribution in [3.8, 4) is 0 Å². The summed E-state index contributed by atoms with van der Waals surface area (Å²) in [5.74, 6) is -2.06. The number of carbonyl (C=O) groups is 2. The highest BCUT2D eigenvalue weighted by molar-refractivity contribution is 6.14. The van der Waals surface area contributed by atoms with Crippen molar-refractivity contribution < 1.29 is 29.5 Å². The highest BCUT2D eigenvalue weighted by Crippen LogP contribution is 2.38. The van der Waals surface area contributed by atoms with Crippen LogP contribution in [0.5, 0.6) is 0 Å². The van der Waals surface area contributed by atoms with Crippen molar-refractivity contribution >= 4 is 23.5 Å². The molecule has 0 aromatic heterocycles. The Morgan fingerprint density at radius 2 is 1.91 bits per heavy atom. The van der Waals surface area contributed by atoms with Crippen LogP contribution in [0.2, 0.25) is 0 Å². The first kappa shape index (κ1) is 22.9. The third-order valence-corrected chi connectivity index (χ3v) is 4.90. The second-order valence-electron chi connectivity index (χ2n) is 6.96. The van der Waals surface area contributed by atoms with E-state index in [1.807, 2.05) is 6.07 Å². The molecule has 1 amide bonds. The second kappa shape index (κ2) is 10.5. The molecular weight excluding hydrogens is 416 g/mol. The maximum atomic E-state index is 13.0. The zero-order valence-electron chi connectivity index (χ0n) is 17.1. The Kier molecular flexibility index (Phi) is 7.48. The molecule has 1 aliphatic heterocycles. The quantitative estimate of drug-likeness (QED) is 0.252. The number of aliphatic hydroxyl groups is 2. The van der Waals surface area contributed by atoms with Gasteiger partial charge in [0.15, 0.2) is 11.5 Å². The van der Waals surface area contributed by atoms with Crippen LogP contribution in [-0.4, -0.2) is 58.1 Å². The molecule has 166 valence electrons. The number of ether oxygens (including phenoxy) is 1. The van der Waals surface area contributed by atoms with Gasteiger partial charge in [0.05, 0.1) is 36.4 Å². The van der Waals surface area contributed by atoms with Crippen molar-refractivity contribution in [2.45, 2.75) is 6.04 Å². The van der Waals surface area contributed by atoms with E-state index in [9.17, 15) is 24.8 Å². The minimum atomic E-state index is -1.02. The Labute approximate surface area is 184 Å². The van der Waals surface area contributed by atoms with Gasteiger partial charge in [0.1, 0.15) is 0 Å². The number of hydrogen-bond acceptors (Lipinski definition) is 7. The lowest BCUT2D eigenvalue weighted by Crippen LogP contribution is -2.34. The number of carbonyl (C=O) groups excluding carboxylic acids is 2. The number of nitrogens with zero attached hydrogens (tertiary/aromatic N) is 2. The monoisotopic (exact) mass is 438 g/mol. The van der Waals surface area contributed by atoms with E-state index in [1.54, 1.807) is 36.4 Å². The Hall–Kier alpha value is -3.82. The Balaban J connectivity index is 1.97. The predicted molar refractivity (Wildman–Crippen MR) is 116 cm³/mol. The number of amides is 1. The first-order chi connectivity index (χ1) is 15.4. The summed E-state index contributed by atoms with van der Waals surface area (Å²) >= 11 is 0. The summed E-state index contributed by atoms with van der Waals surface area (Å²) in [5.41, 5.74) is 0.705. The standard InChI is InChI=1S/C23H22N2O7/c26-12-14-32-13-11-24-21(17-7-4-8-18(15-17)25(30)31)20(22(28)23(24)29)19(27)10-9-16-5-2-1-3-6-16/h1-10,15,21,26,28H,11-14H2/b10-9+. The maximum Gasteiger partial charge on any atom is 0.290 e. The first-order valence-corrected chi connectivity index (χ1v) is 9.88. The zero-order valence-corrected chi connectivity index (χ0v) is 17.1. The van der Waals surface area contributed by atoms with Crippen molar-refractivity contribution in [3.63, 3.8) is 0 Å². The molecule has 1 aliphatic rings. The molecule has 3 rings (SSSR count).